The molecule has 2 aromatic heterocycles. The maximum atomic E-state index is 12.5. The zero-order valence-electron chi connectivity index (χ0n) is 16.8. The van der Waals surface area contributed by atoms with Crippen LogP contribution in [0.3, 0.4) is 0 Å². The van der Waals surface area contributed by atoms with Crippen LogP contribution in [0.4, 0.5) is 0 Å². The number of carbonyl (C=O) groups excluding carboxylic acids is 2. The van der Waals surface area contributed by atoms with Crippen molar-refractivity contribution in [2.75, 3.05) is 33.3 Å². The van der Waals surface area contributed by atoms with E-state index >= 15 is 0 Å². The Labute approximate surface area is 174 Å². The number of ether oxygens (including phenoxy) is 1. The van der Waals surface area contributed by atoms with Crippen LogP contribution in [0.25, 0.3) is 10.2 Å². The number of morpholine rings is 1. The molecule has 0 spiro atoms. The predicted octanol–water partition coefficient (Wildman–Crippen LogP) is 2.48. The standard InChI is InChI=1S/C21H28N4O3S/c1-22-20(27)19-18(15-8-5-9-23-21(15)29-19)16-12-25(10-11-28-16)13-17(26)24-14-6-3-2-4-7-14/h5,8-9,14,16H,2-4,6-7,10-13H2,1H3,(H,22,27)(H,24,26)/t16-/m1/s1. The Morgan fingerprint density at radius 1 is 1.31 bits per heavy atom. The third-order valence-electron chi connectivity index (χ3n) is 5.75. The van der Waals surface area contributed by atoms with Crippen LogP contribution >= 0.6 is 11.3 Å². The minimum absolute atomic E-state index is 0.0842. The molecule has 29 heavy (non-hydrogen) atoms. The van der Waals surface area contributed by atoms with E-state index in [1.807, 2.05) is 12.1 Å². The van der Waals surface area contributed by atoms with Crippen molar-refractivity contribution in [3.8, 4) is 0 Å². The van der Waals surface area contributed by atoms with Crippen molar-refractivity contribution in [3.63, 3.8) is 0 Å². The summed E-state index contributed by atoms with van der Waals surface area (Å²) in [5, 5.41) is 6.87. The molecule has 3 heterocycles. The second-order valence-corrected chi connectivity index (χ2v) is 8.78. The monoisotopic (exact) mass is 416 g/mol. The van der Waals surface area contributed by atoms with Crippen LogP contribution in [0.15, 0.2) is 18.3 Å². The molecule has 1 aliphatic heterocycles. The van der Waals surface area contributed by atoms with Gasteiger partial charge in [-0.2, -0.15) is 0 Å². The summed E-state index contributed by atoms with van der Waals surface area (Å²) in [5.41, 5.74) is 0.884. The van der Waals surface area contributed by atoms with Crippen molar-refractivity contribution in [2.24, 2.45) is 0 Å². The topological polar surface area (TPSA) is 83.6 Å². The Morgan fingerprint density at radius 2 is 2.14 bits per heavy atom. The summed E-state index contributed by atoms with van der Waals surface area (Å²) in [5.74, 6) is -0.0420. The Balaban J connectivity index is 1.48. The average molecular weight is 417 g/mol. The number of hydrogen-bond acceptors (Lipinski definition) is 6. The molecule has 2 aromatic rings. The van der Waals surface area contributed by atoms with Gasteiger partial charge < -0.3 is 15.4 Å². The van der Waals surface area contributed by atoms with Crippen LogP contribution < -0.4 is 10.6 Å². The molecule has 8 heteroatoms. The van der Waals surface area contributed by atoms with Gasteiger partial charge in [0, 0.05) is 43.3 Å². The van der Waals surface area contributed by atoms with Crippen molar-refractivity contribution < 1.29 is 14.3 Å². The molecule has 2 fully saturated rings. The fourth-order valence-electron chi connectivity index (χ4n) is 4.30. The number of carbonyl (C=O) groups is 2. The predicted molar refractivity (Wildman–Crippen MR) is 113 cm³/mol. The number of pyridine rings is 1. The average Bonchev–Trinajstić information content (AvgIpc) is 3.13. The minimum atomic E-state index is -0.253. The van der Waals surface area contributed by atoms with E-state index in [4.69, 9.17) is 4.74 Å². The van der Waals surface area contributed by atoms with Gasteiger partial charge in [-0.3, -0.25) is 14.5 Å². The van der Waals surface area contributed by atoms with Gasteiger partial charge in [0.2, 0.25) is 5.91 Å². The normalized spacial score (nSPS) is 21.2. The SMILES string of the molecule is CNC(=O)c1sc2ncccc2c1[C@H]1CN(CC(=O)NC2CCCCC2)CCO1. The molecule has 156 valence electrons. The molecule has 0 radical (unpaired) electrons. The van der Waals surface area contributed by atoms with Gasteiger partial charge in [0.15, 0.2) is 0 Å². The Bertz CT molecular complexity index is 878. The lowest BCUT2D eigenvalue weighted by molar-refractivity contribution is -0.125. The van der Waals surface area contributed by atoms with Gasteiger partial charge in [-0.15, -0.1) is 11.3 Å². The van der Waals surface area contributed by atoms with Crippen LogP contribution in [0.1, 0.15) is 53.4 Å². The number of nitrogens with one attached hydrogen (secondary N) is 2. The summed E-state index contributed by atoms with van der Waals surface area (Å²) < 4.78 is 6.05. The van der Waals surface area contributed by atoms with E-state index in [0.29, 0.717) is 37.2 Å². The van der Waals surface area contributed by atoms with Crippen LogP contribution in [0.2, 0.25) is 0 Å². The van der Waals surface area contributed by atoms with E-state index in [9.17, 15) is 9.59 Å². The quantitative estimate of drug-likeness (QED) is 0.782. The van der Waals surface area contributed by atoms with E-state index in [1.54, 1.807) is 13.2 Å². The first-order chi connectivity index (χ1) is 14.2. The smallest absolute Gasteiger partial charge is 0.261 e. The maximum Gasteiger partial charge on any atom is 0.261 e. The molecule has 0 unspecified atom stereocenters. The van der Waals surface area contributed by atoms with Gasteiger partial charge in [-0.05, 0) is 18.9 Å². The van der Waals surface area contributed by atoms with Crippen molar-refractivity contribution in [1.82, 2.24) is 20.5 Å². The van der Waals surface area contributed by atoms with E-state index in [1.165, 1.54) is 30.6 Å². The third kappa shape index (κ3) is 4.60. The summed E-state index contributed by atoms with van der Waals surface area (Å²) in [6.07, 6.45) is 7.32. The van der Waals surface area contributed by atoms with Gasteiger partial charge >= 0.3 is 0 Å². The van der Waals surface area contributed by atoms with Crippen LogP contribution in [0.5, 0.6) is 0 Å². The molecular formula is C21H28N4O3S. The first kappa shape index (κ1) is 20.3. The van der Waals surface area contributed by atoms with Gasteiger partial charge in [0.05, 0.1) is 19.3 Å². The van der Waals surface area contributed by atoms with Crippen molar-refractivity contribution >= 4 is 33.4 Å². The van der Waals surface area contributed by atoms with Gasteiger partial charge in [0.1, 0.15) is 9.71 Å². The zero-order valence-corrected chi connectivity index (χ0v) is 17.6. The lowest BCUT2D eigenvalue weighted by atomic mass is 9.95. The highest BCUT2D eigenvalue weighted by Crippen LogP contribution is 2.37. The highest BCUT2D eigenvalue weighted by Gasteiger charge is 2.30. The molecule has 2 aliphatic rings. The molecule has 1 atom stereocenters. The molecule has 0 aromatic carbocycles. The minimum Gasteiger partial charge on any atom is -0.371 e. The highest BCUT2D eigenvalue weighted by molar-refractivity contribution is 7.20. The van der Waals surface area contributed by atoms with Crippen molar-refractivity contribution in [2.45, 2.75) is 44.2 Å². The molecule has 1 aliphatic carbocycles. The third-order valence-corrected chi connectivity index (χ3v) is 6.88. The molecule has 2 amide bonds. The van der Waals surface area contributed by atoms with E-state index < -0.39 is 0 Å². The number of hydrogen-bond donors (Lipinski definition) is 2. The van der Waals surface area contributed by atoms with Gasteiger partial charge in [-0.25, -0.2) is 4.98 Å². The summed E-state index contributed by atoms with van der Waals surface area (Å²) in [6.45, 7) is 2.20. The molecule has 1 saturated carbocycles. The zero-order chi connectivity index (χ0) is 20.2. The molecule has 1 saturated heterocycles. The number of thiophene rings is 1. The second kappa shape index (κ2) is 9.19. The summed E-state index contributed by atoms with van der Waals surface area (Å²) >= 11 is 1.39. The number of nitrogens with zero attached hydrogens (tertiary/aromatic N) is 2. The molecular weight excluding hydrogens is 388 g/mol. The number of amides is 2. The van der Waals surface area contributed by atoms with E-state index in [0.717, 1.165) is 28.6 Å². The Kier molecular flexibility index (Phi) is 6.42. The fraction of sp³-hybridized carbons (Fsp3) is 0.571. The Morgan fingerprint density at radius 3 is 2.93 bits per heavy atom. The van der Waals surface area contributed by atoms with E-state index in [-0.39, 0.29) is 17.9 Å². The van der Waals surface area contributed by atoms with Crippen molar-refractivity contribution in [1.29, 1.82) is 0 Å². The number of rotatable bonds is 5. The van der Waals surface area contributed by atoms with Crippen LogP contribution in [-0.2, 0) is 9.53 Å². The fourth-order valence-corrected chi connectivity index (χ4v) is 5.44. The molecule has 4 rings (SSSR count). The highest BCUT2D eigenvalue weighted by atomic mass is 32.1. The number of fused-ring (bicyclic) bond motifs is 1. The van der Waals surface area contributed by atoms with Gasteiger partial charge in [0.25, 0.3) is 5.91 Å². The summed E-state index contributed by atoms with van der Waals surface area (Å²) in [6, 6.07) is 4.18. The summed E-state index contributed by atoms with van der Waals surface area (Å²) in [7, 11) is 1.63. The number of aromatic nitrogens is 1. The van der Waals surface area contributed by atoms with Crippen LogP contribution in [-0.4, -0.2) is 61.0 Å². The molecule has 0 bridgehead atoms. The largest absolute Gasteiger partial charge is 0.371 e. The van der Waals surface area contributed by atoms with Gasteiger partial charge in [-0.1, -0.05) is 25.3 Å². The van der Waals surface area contributed by atoms with E-state index in [2.05, 4.69) is 20.5 Å². The molecule has 7 nitrogen and oxygen atoms in total. The lowest BCUT2D eigenvalue weighted by Gasteiger charge is -2.33. The van der Waals surface area contributed by atoms with Crippen LogP contribution in [0, 0.1) is 0 Å². The first-order valence-corrected chi connectivity index (χ1v) is 11.2. The molecule has 2 N–H and O–H groups in total. The van der Waals surface area contributed by atoms with Crippen molar-refractivity contribution in [3.05, 3.63) is 28.8 Å². The Hall–Kier alpha value is -2.03. The first-order valence-electron chi connectivity index (χ1n) is 10.4. The maximum absolute atomic E-state index is 12.5. The lowest BCUT2D eigenvalue weighted by Crippen LogP contribution is -2.47. The summed E-state index contributed by atoms with van der Waals surface area (Å²) in [4.78, 5) is 33.0. The second-order valence-electron chi connectivity index (χ2n) is 7.78.